The molecule has 1 unspecified atom stereocenters. The Hall–Kier alpha value is -3.95. The quantitative estimate of drug-likeness (QED) is 0.180. The van der Waals surface area contributed by atoms with Gasteiger partial charge in [-0.1, -0.05) is 93.8 Å². The molecule has 4 aromatic rings. The maximum Gasteiger partial charge on any atom is 0.264 e. The second kappa shape index (κ2) is 14.6. The van der Waals surface area contributed by atoms with Gasteiger partial charge in [0.1, 0.15) is 12.6 Å². The third-order valence-electron chi connectivity index (χ3n) is 7.54. The molecule has 2 amide bonds. The molecule has 46 heavy (non-hydrogen) atoms. The topological polar surface area (TPSA) is 86.8 Å². The summed E-state index contributed by atoms with van der Waals surface area (Å²) >= 11 is 3.47. The highest BCUT2D eigenvalue weighted by atomic mass is 79.9. The summed E-state index contributed by atoms with van der Waals surface area (Å²) in [6, 6.07) is 28.2. The van der Waals surface area contributed by atoms with Gasteiger partial charge in [-0.15, -0.1) is 0 Å². The average molecular weight is 705 g/mol. The molecule has 1 N–H and O–H groups in total. The van der Waals surface area contributed by atoms with Crippen LogP contribution in [0.25, 0.3) is 0 Å². The van der Waals surface area contributed by atoms with Crippen LogP contribution >= 0.6 is 15.9 Å². The van der Waals surface area contributed by atoms with Gasteiger partial charge >= 0.3 is 0 Å². The third kappa shape index (κ3) is 9.07. The molecule has 0 heterocycles. The van der Waals surface area contributed by atoms with E-state index in [1.165, 1.54) is 9.21 Å². The smallest absolute Gasteiger partial charge is 0.264 e. The highest BCUT2D eigenvalue weighted by Gasteiger charge is 2.36. The molecule has 0 fully saturated rings. The second-order valence-electron chi connectivity index (χ2n) is 12.7. The molecule has 4 aromatic carbocycles. The van der Waals surface area contributed by atoms with Crippen molar-refractivity contribution in [2.75, 3.05) is 10.8 Å². The normalized spacial score (nSPS) is 12.3. The highest BCUT2D eigenvalue weighted by molar-refractivity contribution is 9.10. The number of nitrogens with one attached hydrogen (secondary N) is 1. The number of carbonyl (C=O) groups excluding carboxylic acids is 2. The number of carbonyl (C=O) groups is 2. The fourth-order valence-electron chi connectivity index (χ4n) is 5.23. The van der Waals surface area contributed by atoms with E-state index in [0.717, 1.165) is 26.7 Å². The van der Waals surface area contributed by atoms with E-state index < -0.39 is 34.1 Å². The molecule has 0 aliphatic rings. The molecule has 0 radical (unpaired) electrons. The van der Waals surface area contributed by atoms with Crippen LogP contribution in [-0.2, 0) is 32.6 Å². The number of nitrogens with zero attached hydrogens (tertiary/aromatic N) is 2. The number of amides is 2. The highest BCUT2D eigenvalue weighted by Crippen LogP contribution is 2.29. The minimum Gasteiger partial charge on any atom is -0.350 e. The SMILES string of the molecule is Cc1ccc(S(=O)(=O)N(CC(=O)N(Cc2ccc(Br)cc2)C(Cc2ccccc2)C(=O)NC(C)(C)C)c2ccc(C)cc2C)cc1. The number of sulfonamides is 1. The van der Waals surface area contributed by atoms with Crippen LogP contribution < -0.4 is 9.62 Å². The lowest BCUT2D eigenvalue weighted by Crippen LogP contribution is -2.56. The van der Waals surface area contributed by atoms with Gasteiger partial charge in [-0.2, -0.15) is 0 Å². The zero-order chi connectivity index (χ0) is 33.6. The molecule has 0 bridgehead atoms. The summed E-state index contributed by atoms with van der Waals surface area (Å²) in [6.45, 7) is 10.9. The van der Waals surface area contributed by atoms with Gasteiger partial charge in [0.2, 0.25) is 11.8 Å². The molecule has 0 aliphatic carbocycles. The summed E-state index contributed by atoms with van der Waals surface area (Å²) in [4.78, 5) is 30.2. The summed E-state index contributed by atoms with van der Waals surface area (Å²) in [5.74, 6) is -0.815. The van der Waals surface area contributed by atoms with Crippen LogP contribution in [0, 0.1) is 20.8 Å². The Morgan fingerprint density at radius 3 is 2.00 bits per heavy atom. The lowest BCUT2D eigenvalue weighted by molar-refractivity contribution is -0.140. The summed E-state index contributed by atoms with van der Waals surface area (Å²) in [5.41, 5.74) is 4.14. The molecule has 0 saturated heterocycles. The molecule has 0 aromatic heterocycles. The van der Waals surface area contributed by atoms with Gasteiger partial charge in [0.25, 0.3) is 10.0 Å². The third-order valence-corrected chi connectivity index (χ3v) is 9.85. The fourth-order valence-corrected chi connectivity index (χ4v) is 6.97. The second-order valence-corrected chi connectivity index (χ2v) is 15.5. The van der Waals surface area contributed by atoms with Crippen molar-refractivity contribution in [2.45, 2.75) is 71.0 Å². The van der Waals surface area contributed by atoms with Gasteiger partial charge in [0, 0.05) is 23.0 Å². The van der Waals surface area contributed by atoms with Crippen molar-refractivity contribution in [1.29, 1.82) is 0 Å². The van der Waals surface area contributed by atoms with E-state index in [2.05, 4.69) is 21.2 Å². The number of rotatable bonds is 11. The van der Waals surface area contributed by atoms with E-state index in [4.69, 9.17) is 0 Å². The predicted molar refractivity (Wildman–Crippen MR) is 188 cm³/mol. The van der Waals surface area contributed by atoms with Gasteiger partial charge in [-0.25, -0.2) is 8.42 Å². The number of hydrogen-bond acceptors (Lipinski definition) is 4. The average Bonchev–Trinajstić information content (AvgIpc) is 2.98. The Balaban J connectivity index is 1.84. The van der Waals surface area contributed by atoms with Crippen molar-refractivity contribution < 1.29 is 18.0 Å². The van der Waals surface area contributed by atoms with Crippen molar-refractivity contribution in [2.24, 2.45) is 0 Å². The first-order chi connectivity index (χ1) is 21.6. The molecule has 0 saturated carbocycles. The van der Waals surface area contributed by atoms with Crippen molar-refractivity contribution in [3.05, 3.63) is 129 Å². The molecular formula is C37H42BrN3O4S. The molecular weight excluding hydrogens is 662 g/mol. The largest absolute Gasteiger partial charge is 0.350 e. The van der Waals surface area contributed by atoms with Gasteiger partial charge in [-0.3, -0.25) is 13.9 Å². The van der Waals surface area contributed by atoms with E-state index in [-0.39, 0.29) is 23.8 Å². The van der Waals surface area contributed by atoms with Crippen molar-refractivity contribution in [3.63, 3.8) is 0 Å². The van der Waals surface area contributed by atoms with Crippen molar-refractivity contribution >= 4 is 43.5 Å². The Bertz CT molecular complexity index is 1770. The van der Waals surface area contributed by atoms with Gasteiger partial charge < -0.3 is 10.2 Å². The summed E-state index contributed by atoms with van der Waals surface area (Å²) in [7, 11) is -4.17. The number of hydrogen-bond donors (Lipinski definition) is 1. The Morgan fingerprint density at radius 2 is 1.41 bits per heavy atom. The predicted octanol–water partition coefficient (Wildman–Crippen LogP) is 7.12. The monoisotopic (exact) mass is 703 g/mol. The number of halogens is 1. The molecule has 0 spiro atoms. The van der Waals surface area contributed by atoms with Gasteiger partial charge in [0.15, 0.2) is 0 Å². The van der Waals surface area contributed by atoms with E-state index in [0.29, 0.717) is 11.3 Å². The van der Waals surface area contributed by atoms with Crippen LogP contribution in [0.4, 0.5) is 5.69 Å². The number of anilines is 1. The number of aryl methyl sites for hydroxylation is 3. The van der Waals surface area contributed by atoms with E-state index in [1.807, 2.05) is 108 Å². The van der Waals surface area contributed by atoms with Gasteiger partial charge in [0.05, 0.1) is 10.6 Å². The summed E-state index contributed by atoms with van der Waals surface area (Å²) in [5, 5.41) is 3.06. The Morgan fingerprint density at radius 1 is 0.804 bits per heavy atom. The van der Waals surface area contributed by atoms with Gasteiger partial charge in [-0.05, 0) is 88.6 Å². The first-order valence-corrected chi connectivity index (χ1v) is 17.4. The first kappa shape index (κ1) is 34.9. The maximum absolute atomic E-state index is 14.6. The van der Waals surface area contributed by atoms with E-state index >= 15 is 0 Å². The zero-order valence-corrected chi connectivity index (χ0v) is 29.7. The van der Waals surface area contributed by atoms with E-state index in [1.54, 1.807) is 30.3 Å². The first-order valence-electron chi connectivity index (χ1n) is 15.2. The van der Waals surface area contributed by atoms with Crippen LogP contribution in [-0.4, -0.2) is 43.3 Å². The maximum atomic E-state index is 14.6. The number of benzene rings is 4. The van der Waals surface area contributed by atoms with Crippen LogP contribution in [0.1, 0.15) is 48.6 Å². The van der Waals surface area contributed by atoms with Crippen LogP contribution in [0.15, 0.2) is 106 Å². The minimum absolute atomic E-state index is 0.0802. The molecule has 1 atom stereocenters. The molecule has 9 heteroatoms. The zero-order valence-electron chi connectivity index (χ0n) is 27.2. The standard InChI is InChI=1S/C37H42BrN3O4S/c1-26-12-19-32(20-13-26)46(44,45)41(33-21-14-27(2)22-28(33)3)25-35(42)40(24-30-15-17-31(38)18-16-30)34(36(43)39-37(4,5)6)23-29-10-8-7-9-11-29/h7-22,34H,23-25H2,1-6H3,(H,39,43). The van der Waals surface area contributed by atoms with Crippen LogP contribution in [0.2, 0.25) is 0 Å². The molecule has 7 nitrogen and oxygen atoms in total. The van der Waals surface area contributed by atoms with Crippen LogP contribution in [0.3, 0.4) is 0 Å². The van der Waals surface area contributed by atoms with E-state index in [9.17, 15) is 18.0 Å². The lowest BCUT2D eigenvalue weighted by Gasteiger charge is -2.35. The summed E-state index contributed by atoms with van der Waals surface area (Å²) < 4.78 is 30.6. The molecule has 242 valence electrons. The fraction of sp³-hybridized carbons (Fsp3) is 0.297. The Labute approximate surface area is 281 Å². The molecule has 4 rings (SSSR count). The van der Waals surface area contributed by atoms with Crippen LogP contribution in [0.5, 0.6) is 0 Å². The van der Waals surface area contributed by atoms with Crippen molar-refractivity contribution in [1.82, 2.24) is 10.2 Å². The minimum atomic E-state index is -4.17. The van der Waals surface area contributed by atoms with Crippen molar-refractivity contribution in [3.8, 4) is 0 Å². The Kier molecular flexibility index (Phi) is 11.1. The molecule has 0 aliphatic heterocycles. The summed E-state index contributed by atoms with van der Waals surface area (Å²) in [6.07, 6.45) is 0.249. The lowest BCUT2D eigenvalue weighted by atomic mass is 10.0.